The molecule has 0 saturated heterocycles. The Bertz CT molecular complexity index is 782. The number of ether oxygens (including phenoxy) is 1. The third-order valence-corrected chi connectivity index (χ3v) is 5.05. The number of rotatable bonds is 6. The molecule has 1 aliphatic rings. The first-order valence-electron chi connectivity index (χ1n) is 9.40. The third-order valence-electron chi connectivity index (χ3n) is 5.05. The predicted octanol–water partition coefficient (Wildman–Crippen LogP) is 4.67. The Morgan fingerprint density at radius 3 is 2.65 bits per heavy atom. The van der Waals surface area contributed by atoms with Crippen molar-refractivity contribution in [3.05, 3.63) is 53.3 Å². The van der Waals surface area contributed by atoms with E-state index in [1.807, 2.05) is 31.2 Å². The summed E-state index contributed by atoms with van der Waals surface area (Å²) in [4.78, 5) is 11.8. The fourth-order valence-corrected chi connectivity index (χ4v) is 3.63. The molecule has 2 aromatic rings. The quantitative estimate of drug-likeness (QED) is 0.818. The molecule has 0 bridgehead atoms. The van der Waals surface area contributed by atoms with Crippen molar-refractivity contribution in [2.45, 2.75) is 51.6 Å². The molecule has 2 aromatic carbocycles. The van der Waals surface area contributed by atoms with Gasteiger partial charge in [0.15, 0.2) is 0 Å². The zero-order valence-corrected chi connectivity index (χ0v) is 15.5. The van der Waals surface area contributed by atoms with E-state index in [1.54, 1.807) is 13.1 Å². The molecule has 1 fully saturated rings. The molecule has 3 nitrogen and oxygen atoms in total. The van der Waals surface area contributed by atoms with Crippen molar-refractivity contribution in [3.8, 4) is 16.9 Å². The van der Waals surface area contributed by atoms with Gasteiger partial charge in [-0.2, -0.15) is 0 Å². The van der Waals surface area contributed by atoms with E-state index in [1.165, 1.54) is 18.9 Å². The topological polar surface area (TPSA) is 38.3 Å². The summed E-state index contributed by atoms with van der Waals surface area (Å²) in [6.07, 6.45) is 5.61. The second kappa shape index (κ2) is 8.35. The van der Waals surface area contributed by atoms with E-state index in [9.17, 15) is 9.18 Å². The lowest BCUT2D eigenvalue weighted by atomic mass is 9.94. The fourth-order valence-electron chi connectivity index (χ4n) is 3.63. The minimum Gasteiger partial charge on any atom is -0.490 e. The number of hydrogen-bond acceptors (Lipinski definition) is 2. The van der Waals surface area contributed by atoms with Gasteiger partial charge in [0.05, 0.1) is 12.5 Å². The molecule has 1 N–H and O–H groups in total. The molecule has 4 heteroatoms. The first-order chi connectivity index (χ1) is 12.6. The number of hydrogen-bond donors (Lipinski definition) is 1. The third kappa shape index (κ3) is 4.06. The van der Waals surface area contributed by atoms with Gasteiger partial charge in [-0.15, -0.1) is 0 Å². The second-order valence-corrected chi connectivity index (χ2v) is 6.82. The molecule has 0 heterocycles. The lowest BCUT2D eigenvalue weighted by molar-refractivity contribution is -0.119. The summed E-state index contributed by atoms with van der Waals surface area (Å²) in [6.45, 7) is 1.95. The average molecular weight is 355 g/mol. The maximum atomic E-state index is 14.3. The molecule has 1 amide bonds. The van der Waals surface area contributed by atoms with E-state index in [-0.39, 0.29) is 17.8 Å². The highest BCUT2D eigenvalue weighted by atomic mass is 19.1. The maximum absolute atomic E-state index is 14.3. The number of benzene rings is 2. The minimum atomic E-state index is -0.200. The summed E-state index contributed by atoms with van der Waals surface area (Å²) in [5.74, 6) is 0.529. The van der Waals surface area contributed by atoms with E-state index < -0.39 is 0 Å². The first kappa shape index (κ1) is 18.4. The standard InChI is InChI=1S/C22H26FNO2/c1-3-17-18(9-6-10-20(17)23)19-13-15(14-22(25)24-2)11-12-21(19)26-16-7-4-5-8-16/h6,9-13,16H,3-5,7-8,14H2,1-2H3,(H,24,25). The van der Waals surface area contributed by atoms with Crippen LogP contribution in [-0.2, 0) is 17.6 Å². The molecule has 3 rings (SSSR count). The number of nitrogens with one attached hydrogen (secondary N) is 1. The van der Waals surface area contributed by atoms with Crippen LogP contribution in [0.3, 0.4) is 0 Å². The summed E-state index contributed by atoms with van der Waals surface area (Å²) in [5, 5.41) is 2.65. The van der Waals surface area contributed by atoms with Crippen molar-refractivity contribution < 1.29 is 13.9 Å². The molecule has 0 unspecified atom stereocenters. The molecule has 1 aliphatic carbocycles. The van der Waals surface area contributed by atoms with E-state index in [0.717, 1.165) is 35.3 Å². The van der Waals surface area contributed by atoms with E-state index in [4.69, 9.17) is 4.74 Å². The number of halogens is 1. The molecular weight excluding hydrogens is 329 g/mol. The fraction of sp³-hybridized carbons (Fsp3) is 0.409. The maximum Gasteiger partial charge on any atom is 0.224 e. The predicted molar refractivity (Wildman–Crippen MR) is 102 cm³/mol. The van der Waals surface area contributed by atoms with E-state index in [2.05, 4.69) is 5.32 Å². The van der Waals surface area contributed by atoms with Crippen LogP contribution in [-0.4, -0.2) is 19.1 Å². The van der Waals surface area contributed by atoms with Crippen LogP contribution in [0.5, 0.6) is 5.75 Å². The molecule has 0 radical (unpaired) electrons. The molecule has 0 spiro atoms. The van der Waals surface area contributed by atoms with Crippen LogP contribution < -0.4 is 10.1 Å². The first-order valence-corrected chi connectivity index (χ1v) is 9.40. The Morgan fingerprint density at radius 1 is 1.19 bits per heavy atom. The summed E-state index contributed by atoms with van der Waals surface area (Å²) < 4.78 is 20.6. The lowest BCUT2D eigenvalue weighted by Gasteiger charge is -2.19. The van der Waals surface area contributed by atoms with Crippen LogP contribution in [0.2, 0.25) is 0 Å². The molecular formula is C22H26FNO2. The van der Waals surface area contributed by atoms with Gasteiger partial charge in [0.25, 0.3) is 0 Å². The van der Waals surface area contributed by atoms with Crippen LogP contribution in [0.25, 0.3) is 11.1 Å². The summed E-state index contributed by atoms with van der Waals surface area (Å²) in [5.41, 5.74) is 3.29. The Morgan fingerprint density at radius 2 is 1.96 bits per heavy atom. The van der Waals surface area contributed by atoms with Crippen LogP contribution in [0.15, 0.2) is 36.4 Å². The van der Waals surface area contributed by atoms with Gasteiger partial charge in [0.1, 0.15) is 11.6 Å². The Kier molecular flexibility index (Phi) is 5.92. The monoisotopic (exact) mass is 355 g/mol. The summed E-state index contributed by atoms with van der Waals surface area (Å²) in [7, 11) is 1.63. The Balaban J connectivity index is 2.04. The Labute approximate surface area is 154 Å². The normalized spacial score (nSPS) is 14.4. The SMILES string of the molecule is CCc1c(F)cccc1-c1cc(CC(=O)NC)ccc1OC1CCCC1. The number of likely N-dealkylation sites (N-methyl/N-ethyl adjacent to an activating group) is 1. The largest absolute Gasteiger partial charge is 0.490 e. The van der Waals surface area contributed by atoms with Crippen molar-refractivity contribution in [2.24, 2.45) is 0 Å². The van der Waals surface area contributed by atoms with Crippen LogP contribution in [0.4, 0.5) is 4.39 Å². The highest BCUT2D eigenvalue weighted by Gasteiger charge is 2.20. The molecule has 26 heavy (non-hydrogen) atoms. The van der Waals surface area contributed by atoms with Crippen molar-refractivity contribution in [1.82, 2.24) is 5.32 Å². The van der Waals surface area contributed by atoms with Gasteiger partial charge < -0.3 is 10.1 Å². The minimum absolute atomic E-state index is 0.0460. The number of amides is 1. The summed E-state index contributed by atoms with van der Waals surface area (Å²) >= 11 is 0. The highest BCUT2D eigenvalue weighted by Crippen LogP contribution is 2.37. The molecule has 0 aliphatic heterocycles. The van der Waals surface area contributed by atoms with Crippen molar-refractivity contribution in [3.63, 3.8) is 0 Å². The molecule has 138 valence electrons. The van der Waals surface area contributed by atoms with E-state index >= 15 is 0 Å². The van der Waals surface area contributed by atoms with Gasteiger partial charge in [0, 0.05) is 12.6 Å². The smallest absolute Gasteiger partial charge is 0.224 e. The average Bonchev–Trinajstić information content (AvgIpc) is 3.15. The van der Waals surface area contributed by atoms with Gasteiger partial charge in [-0.1, -0.05) is 25.1 Å². The van der Waals surface area contributed by atoms with Gasteiger partial charge in [0.2, 0.25) is 5.91 Å². The summed E-state index contributed by atoms with van der Waals surface area (Å²) in [6, 6.07) is 11.0. The van der Waals surface area contributed by atoms with Gasteiger partial charge in [-0.05, 0) is 67.0 Å². The second-order valence-electron chi connectivity index (χ2n) is 6.82. The van der Waals surface area contributed by atoms with Crippen molar-refractivity contribution >= 4 is 5.91 Å². The highest BCUT2D eigenvalue weighted by molar-refractivity contribution is 5.80. The van der Waals surface area contributed by atoms with E-state index in [0.29, 0.717) is 18.4 Å². The number of carbonyl (C=O) groups is 1. The molecule has 0 aromatic heterocycles. The zero-order chi connectivity index (χ0) is 18.5. The van der Waals surface area contributed by atoms with Crippen molar-refractivity contribution in [1.29, 1.82) is 0 Å². The van der Waals surface area contributed by atoms with Gasteiger partial charge in [-0.25, -0.2) is 4.39 Å². The Hall–Kier alpha value is -2.36. The van der Waals surface area contributed by atoms with Gasteiger partial charge >= 0.3 is 0 Å². The van der Waals surface area contributed by atoms with Crippen LogP contribution in [0, 0.1) is 5.82 Å². The molecule has 1 saturated carbocycles. The van der Waals surface area contributed by atoms with Crippen LogP contribution >= 0.6 is 0 Å². The van der Waals surface area contributed by atoms with Crippen LogP contribution in [0.1, 0.15) is 43.7 Å². The molecule has 0 atom stereocenters. The lowest BCUT2D eigenvalue weighted by Crippen LogP contribution is -2.20. The zero-order valence-electron chi connectivity index (χ0n) is 15.5. The van der Waals surface area contributed by atoms with Crippen molar-refractivity contribution in [2.75, 3.05) is 7.05 Å². The number of carbonyl (C=O) groups excluding carboxylic acids is 1. The van der Waals surface area contributed by atoms with Gasteiger partial charge in [-0.3, -0.25) is 4.79 Å².